The van der Waals surface area contributed by atoms with Gasteiger partial charge in [0.15, 0.2) is 0 Å². The number of benzene rings is 2. The van der Waals surface area contributed by atoms with Crippen molar-refractivity contribution in [3.05, 3.63) is 75.5 Å². The van der Waals surface area contributed by atoms with Crippen molar-refractivity contribution in [2.75, 3.05) is 10.6 Å². The zero-order chi connectivity index (χ0) is 22.5. The zero-order valence-electron chi connectivity index (χ0n) is 17.5. The Morgan fingerprint density at radius 2 is 1.77 bits per heavy atom. The van der Waals surface area contributed by atoms with Crippen molar-refractivity contribution < 1.29 is 9.59 Å². The predicted octanol–water partition coefficient (Wildman–Crippen LogP) is 4.42. The number of halogens is 1. The van der Waals surface area contributed by atoms with E-state index in [4.69, 9.17) is 11.6 Å². The SMILES string of the molecule is CC[C@H](C(=O)Nc1cccc(Cl)c1C)n1nc(-c2ccccc2)cc(NC(C)=O)c1=O. The number of carbonyl (C=O) groups is 2. The van der Waals surface area contributed by atoms with Gasteiger partial charge in [0.05, 0.1) is 5.69 Å². The molecule has 0 spiro atoms. The van der Waals surface area contributed by atoms with Gasteiger partial charge >= 0.3 is 0 Å². The van der Waals surface area contributed by atoms with Crippen molar-refractivity contribution in [2.45, 2.75) is 33.2 Å². The Bertz CT molecular complexity index is 1180. The van der Waals surface area contributed by atoms with E-state index in [9.17, 15) is 14.4 Å². The second-order valence-corrected chi connectivity index (χ2v) is 7.47. The lowest BCUT2D eigenvalue weighted by atomic mass is 10.1. The number of nitrogens with one attached hydrogen (secondary N) is 2. The second-order valence-electron chi connectivity index (χ2n) is 7.07. The van der Waals surface area contributed by atoms with E-state index < -0.39 is 17.5 Å². The summed E-state index contributed by atoms with van der Waals surface area (Å²) < 4.78 is 1.13. The first-order chi connectivity index (χ1) is 14.8. The fourth-order valence-electron chi connectivity index (χ4n) is 3.18. The van der Waals surface area contributed by atoms with Crippen molar-refractivity contribution in [2.24, 2.45) is 0 Å². The third-order valence-electron chi connectivity index (χ3n) is 4.83. The molecule has 3 rings (SSSR count). The van der Waals surface area contributed by atoms with Crippen molar-refractivity contribution in [3.63, 3.8) is 0 Å². The summed E-state index contributed by atoms with van der Waals surface area (Å²) in [5.74, 6) is -0.789. The molecule has 31 heavy (non-hydrogen) atoms. The molecule has 0 unspecified atom stereocenters. The van der Waals surface area contributed by atoms with E-state index in [1.54, 1.807) is 32.0 Å². The van der Waals surface area contributed by atoms with E-state index >= 15 is 0 Å². The van der Waals surface area contributed by atoms with E-state index in [0.717, 1.165) is 15.8 Å². The normalized spacial score (nSPS) is 11.6. The molecule has 2 aromatic carbocycles. The highest BCUT2D eigenvalue weighted by atomic mass is 35.5. The number of rotatable bonds is 6. The molecule has 0 saturated carbocycles. The maximum Gasteiger partial charge on any atom is 0.291 e. The van der Waals surface area contributed by atoms with Gasteiger partial charge in [0.25, 0.3) is 5.56 Å². The summed E-state index contributed by atoms with van der Waals surface area (Å²) in [5.41, 5.74) is 2.01. The summed E-state index contributed by atoms with van der Waals surface area (Å²) in [6.45, 7) is 4.91. The summed E-state index contributed by atoms with van der Waals surface area (Å²) in [6, 6.07) is 15.1. The Hall–Kier alpha value is -3.45. The molecule has 0 radical (unpaired) electrons. The lowest BCUT2D eigenvalue weighted by Gasteiger charge is -2.20. The van der Waals surface area contributed by atoms with Crippen molar-refractivity contribution in [1.82, 2.24) is 9.78 Å². The standard InChI is InChI=1S/C23H23ClN4O3/c1-4-21(22(30)26-18-12-8-11-17(24)14(18)2)28-23(31)20(25-15(3)29)13-19(27-28)16-9-6-5-7-10-16/h5-13,21H,4H2,1-3H3,(H,25,29)(H,26,30)/t21-/m1/s1. The zero-order valence-corrected chi connectivity index (χ0v) is 18.2. The first-order valence-electron chi connectivity index (χ1n) is 9.84. The lowest BCUT2D eigenvalue weighted by Crippen LogP contribution is -2.36. The molecule has 0 bridgehead atoms. The van der Waals surface area contributed by atoms with Crippen LogP contribution in [0.25, 0.3) is 11.3 Å². The molecule has 1 heterocycles. The summed E-state index contributed by atoms with van der Waals surface area (Å²) in [4.78, 5) is 37.8. The molecular formula is C23H23ClN4O3. The second kappa shape index (κ2) is 9.57. The van der Waals surface area contributed by atoms with Crippen molar-refractivity contribution >= 4 is 34.8 Å². The molecule has 0 fully saturated rings. The number of nitrogens with zero attached hydrogens (tertiary/aromatic N) is 2. The average molecular weight is 439 g/mol. The molecule has 8 heteroatoms. The largest absolute Gasteiger partial charge is 0.324 e. The maximum absolute atomic E-state index is 13.1. The molecule has 7 nitrogen and oxygen atoms in total. The van der Waals surface area contributed by atoms with Crippen LogP contribution in [0, 0.1) is 6.92 Å². The smallest absolute Gasteiger partial charge is 0.291 e. The third-order valence-corrected chi connectivity index (χ3v) is 5.23. The average Bonchev–Trinajstić information content (AvgIpc) is 2.74. The van der Waals surface area contributed by atoms with Gasteiger partial charge in [-0.3, -0.25) is 14.4 Å². The minimum atomic E-state index is -0.887. The third kappa shape index (κ3) is 5.00. The quantitative estimate of drug-likeness (QED) is 0.595. The van der Waals surface area contributed by atoms with E-state index in [0.29, 0.717) is 22.8 Å². The Balaban J connectivity index is 2.07. The van der Waals surface area contributed by atoms with Gasteiger partial charge in [0, 0.05) is 23.2 Å². The molecule has 3 aromatic rings. The van der Waals surface area contributed by atoms with Crippen LogP contribution in [0.1, 0.15) is 31.9 Å². The van der Waals surface area contributed by atoms with Crippen LogP contribution in [0.3, 0.4) is 0 Å². The van der Waals surface area contributed by atoms with Gasteiger partial charge in [0.2, 0.25) is 11.8 Å². The number of hydrogen-bond acceptors (Lipinski definition) is 4. The Kier molecular flexibility index (Phi) is 6.87. The van der Waals surface area contributed by atoms with Gasteiger partial charge in [-0.15, -0.1) is 0 Å². The van der Waals surface area contributed by atoms with Crippen LogP contribution in [0.4, 0.5) is 11.4 Å². The minimum Gasteiger partial charge on any atom is -0.324 e. The fraction of sp³-hybridized carbons (Fsp3) is 0.217. The topological polar surface area (TPSA) is 93.1 Å². The summed E-state index contributed by atoms with van der Waals surface area (Å²) in [6.07, 6.45) is 0.316. The molecule has 2 N–H and O–H groups in total. The van der Waals surface area contributed by atoms with Crippen LogP contribution in [0.2, 0.25) is 5.02 Å². The van der Waals surface area contributed by atoms with Crippen LogP contribution < -0.4 is 16.2 Å². The van der Waals surface area contributed by atoms with Gasteiger partial charge < -0.3 is 10.6 Å². The molecule has 2 amide bonds. The van der Waals surface area contributed by atoms with E-state index in [2.05, 4.69) is 15.7 Å². The molecule has 0 saturated heterocycles. The molecule has 0 aliphatic heterocycles. The Labute approximate surface area is 185 Å². The van der Waals surface area contributed by atoms with Gasteiger partial charge in [-0.1, -0.05) is 54.9 Å². The molecule has 160 valence electrons. The first kappa shape index (κ1) is 22.2. The van der Waals surface area contributed by atoms with Gasteiger partial charge in [-0.05, 0) is 37.1 Å². The fourth-order valence-corrected chi connectivity index (χ4v) is 3.36. The number of hydrogen-bond donors (Lipinski definition) is 2. The number of carbonyl (C=O) groups excluding carboxylic acids is 2. The van der Waals surface area contributed by atoms with Crippen LogP contribution in [0.5, 0.6) is 0 Å². The monoisotopic (exact) mass is 438 g/mol. The highest BCUT2D eigenvalue weighted by Gasteiger charge is 2.24. The van der Waals surface area contributed by atoms with E-state index in [-0.39, 0.29) is 11.6 Å². The van der Waals surface area contributed by atoms with Gasteiger partial charge in [-0.2, -0.15) is 5.10 Å². The van der Waals surface area contributed by atoms with Crippen LogP contribution >= 0.6 is 11.6 Å². The van der Waals surface area contributed by atoms with Crippen molar-refractivity contribution in [3.8, 4) is 11.3 Å². The van der Waals surface area contributed by atoms with Gasteiger partial charge in [0.1, 0.15) is 11.7 Å². The molecule has 0 aliphatic rings. The Morgan fingerprint density at radius 1 is 1.06 bits per heavy atom. The van der Waals surface area contributed by atoms with Crippen LogP contribution in [-0.4, -0.2) is 21.6 Å². The molecule has 1 aromatic heterocycles. The molecular weight excluding hydrogens is 416 g/mol. The summed E-state index contributed by atoms with van der Waals surface area (Å²) >= 11 is 6.15. The Morgan fingerprint density at radius 3 is 2.42 bits per heavy atom. The van der Waals surface area contributed by atoms with Gasteiger partial charge in [-0.25, -0.2) is 4.68 Å². The lowest BCUT2D eigenvalue weighted by molar-refractivity contribution is -0.119. The van der Waals surface area contributed by atoms with Crippen molar-refractivity contribution in [1.29, 1.82) is 0 Å². The molecule has 0 aliphatic carbocycles. The van der Waals surface area contributed by atoms with Crippen LogP contribution in [0.15, 0.2) is 59.4 Å². The number of amides is 2. The van der Waals surface area contributed by atoms with E-state index in [1.165, 1.54) is 13.0 Å². The maximum atomic E-state index is 13.1. The highest BCUT2D eigenvalue weighted by Crippen LogP contribution is 2.25. The number of anilines is 2. The predicted molar refractivity (Wildman–Crippen MR) is 122 cm³/mol. The number of aromatic nitrogens is 2. The highest BCUT2D eigenvalue weighted by molar-refractivity contribution is 6.31. The summed E-state index contributed by atoms with van der Waals surface area (Å²) in [7, 11) is 0. The molecule has 1 atom stereocenters. The summed E-state index contributed by atoms with van der Waals surface area (Å²) in [5, 5.41) is 10.4. The van der Waals surface area contributed by atoms with Crippen LogP contribution in [-0.2, 0) is 9.59 Å². The van der Waals surface area contributed by atoms with E-state index in [1.807, 2.05) is 30.3 Å². The minimum absolute atomic E-state index is 0.0616. The first-order valence-corrected chi connectivity index (χ1v) is 10.2.